The van der Waals surface area contributed by atoms with Gasteiger partial charge < -0.3 is 20.3 Å². The van der Waals surface area contributed by atoms with E-state index in [-0.39, 0.29) is 18.2 Å². The Morgan fingerprint density at radius 3 is 2.90 bits per heavy atom. The first-order valence-electron chi connectivity index (χ1n) is 7.77. The fraction of sp³-hybridized carbons (Fsp3) is 0.562. The number of ether oxygens (including phenoxy) is 1. The van der Waals surface area contributed by atoms with Gasteiger partial charge in [-0.25, -0.2) is 4.79 Å². The highest BCUT2D eigenvalue weighted by atomic mass is 16.5. The molecule has 2 saturated heterocycles. The minimum Gasteiger partial charge on any atom is -0.376 e. The largest absolute Gasteiger partial charge is 0.376 e. The van der Waals surface area contributed by atoms with E-state index in [4.69, 9.17) is 4.74 Å². The van der Waals surface area contributed by atoms with Crippen molar-refractivity contribution < 1.29 is 9.53 Å². The number of nitrogens with one attached hydrogen (secondary N) is 2. The number of carbonyl (C=O) groups is 1. The Bertz CT molecular complexity index is 460. The predicted octanol–water partition coefficient (Wildman–Crippen LogP) is 1.74. The second-order valence-corrected chi connectivity index (χ2v) is 5.76. The summed E-state index contributed by atoms with van der Waals surface area (Å²) in [6.07, 6.45) is 3.33. The SMILES string of the molecule is O=C(NC[C@H]1CCCO1)N[C@@H]1CCN(c2ccccc2)C1. The number of urea groups is 1. The van der Waals surface area contributed by atoms with Gasteiger partial charge in [0.25, 0.3) is 0 Å². The molecule has 3 rings (SSSR count). The Hall–Kier alpha value is -1.75. The second kappa shape index (κ2) is 6.80. The van der Waals surface area contributed by atoms with Gasteiger partial charge >= 0.3 is 6.03 Å². The highest BCUT2D eigenvalue weighted by Crippen LogP contribution is 2.19. The molecule has 2 N–H and O–H groups in total. The lowest BCUT2D eigenvalue weighted by atomic mass is 10.2. The van der Waals surface area contributed by atoms with Gasteiger partial charge in [-0.1, -0.05) is 18.2 Å². The zero-order chi connectivity index (χ0) is 14.5. The summed E-state index contributed by atoms with van der Waals surface area (Å²) in [5.74, 6) is 0. The van der Waals surface area contributed by atoms with E-state index in [1.807, 2.05) is 18.2 Å². The van der Waals surface area contributed by atoms with Crippen LogP contribution in [0.1, 0.15) is 19.3 Å². The van der Waals surface area contributed by atoms with E-state index in [1.165, 1.54) is 5.69 Å². The Kier molecular flexibility index (Phi) is 4.60. The van der Waals surface area contributed by atoms with Gasteiger partial charge in [-0.2, -0.15) is 0 Å². The van der Waals surface area contributed by atoms with Crippen LogP contribution < -0.4 is 15.5 Å². The molecular formula is C16H23N3O2. The van der Waals surface area contributed by atoms with Gasteiger partial charge in [-0.3, -0.25) is 0 Å². The van der Waals surface area contributed by atoms with E-state index in [0.29, 0.717) is 6.54 Å². The van der Waals surface area contributed by atoms with E-state index >= 15 is 0 Å². The van der Waals surface area contributed by atoms with Gasteiger partial charge in [0.05, 0.1) is 6.10 Å². The number of anilines is 1. The van der Waals surface area contributed by atoms with Crippen molar-refractivity contribution in [1.82, 2.24) is 10.6 Å². The quantitative estimate of drug-likeness (QED) is 0.888. The van der Waals surface area contributed by atoms with Crippen LogP contribution in [0.5, 0.6) is 0 Å². The molecule has 1 aromatic rings. The van der Waals surface area contributed by atoms with Crippen molar-refractivity contribution in [3.63, 3.8) is 0 Å². The highest BCUT2D eigenvalue weighted by Gasteiger charge is 2.24. The number of hydrogen-bond acceptors (Lipinski definition) is 3. The molecule has 5 heteroatoms. The number of benzene rings is 1. The molecule has 0 radical (unpaired) electrons. The molecule has 0 unspecified atom stereocenters. The fourth-order valence-electron chi connectivity index (χ4n) is 3.00. The van der Waals surface area contributed by atoms with E-state index < -0.39 is 0 Å². The number of hydrogen-bond donors (Lipinski definition) is 2. The Balaban J connectivity index is 1.41. The van der Waals surface area contributed by atoms with E-state index in [1.54, 1.807) is 0 Å². The predicted molar refractivity (Wildman–Crippen MR) is 82.6 cm³/mol. The van der Waals surface area contributed by atoms with Crippen LogP contribution in [-0.4, -0.2) is 44.4 Å². The van der Waals surface area contributed by atoms with Crippen LogP contribution in [0.3, 0.4) is 0 Å². The summed E-state index contributed by atoms with van der Waals surface area (Å²) < 4.78 is 5.50. The number of amides is 2. The molecule has 2 fully saturated rings. The van der Waals surface area contributed by atoms with Gasteiger partial charge in [0.1, 0.15) is 0 Å². The maximum absolute atomic E-state index is 11.9. The summed E-state index contributed by atoms with van der Waals surface area (Å²) in [4.78, 5) is 14.2. The standard InChI is InChI=1S/C16H23N3O2/c20-16(17-11-15-7-4-10-21-15)18-13-8-9-19(12-13)14-5-2-1-3-6-14/h1-3,5-6,13,15H,4,7-12H2,(H2,17,18,20)/t13-,15-/m1/s1. The molecule has 0 spiro atoms. The summed E-state index contributed by atoms with van der Waals surface area (Å²) in [7, 11) is 0. The maximum atomic E-state index is 11.9. The molecule has 5 nitrogen and oxygen atoms in total. The van der Waals surface area contributed by atoms with Gasteiger partial charge in [-0.05, 0) is 31.4 Å². The monoisotopic (exact) mass is 289 g/mol. The Labute approximate surface area is 125 Å². The summed E-state index contributed by atoms with van der Waals surface area (Å²) in [6, 6.07) is 10.5. The maximum Gasteiger partial charge on any atom is 0.315 e. The number of carbonyl (C=O) groups excluding carboxylic acids is 1. The molecule has 0 saturated carbocycles. The van der Waals surface area contributed by atoms with Crippen molar-refractivity contribution in [2.45, 2.75) is 31.4 Å². The molecule has 114 valence electrons. The molecule has 1 aromatic carbocycles. The smallest absolute Gasteiger partial charge is 0.315 e. The zero-order valence-corrected chi connectivity index (χ0v) is 12.3. The van der Waals surface area contributed by atoms with Crippen LogP contribution in [0.15, 0.2) is 30.3 Å². The van der Waals surface area contributed by atoms with E-state index in [0.717, 1.165) is 39.0 Å². The van der Waals surface area contributed by atoms with Crippen LogP contribution in [0.4, 0.5) is 10.5 Å². The third-order valence-corrected chi connectivity index (χ3v) is 4.16. The summed E-state index contributed by atoms with van der Waals surface area (Å²) in [5, 5.41) is 5.97. The van der Waals surface area contributed by atoms with Gasteiger partial charge in [0.15, 0.2) is 0 Å². The third-order valence-electron chi connectivity index (χ3n) is 4.16. The van der Waals surface area contributed by atoms with Gasteiger partial charge in [0.2, 0.25) is 0 Å². The number of para-hydroxylation sites is 1. The fourth-order valence-corrected chi connectivity index (χ4v) is 3.00. The minimum absolute atomic E-state index is 0.0783. The van der Waals surface area contributed by atoms with Crippen LogP contribution in [0, 0.1) is 0 Å². The molecule has 2 heterocycles. The van der Waals surface area contributed by atoms with Crippen molar-refractivity contribution in [1.29, 1.82) is 0 Å². The molecule has 2 amide bonds. The topological polar surface area (TPSA) is 53.6 Å². The third kappa shape index (κ3) is 3.88. The van der Waals surface area contributed by atoms with Crippen LogP contribution >= 0.6 is 0 Å². The lowest BCUT2D eigenvalue weighted by Crippen LogP contribution is -2.45. The van der Waals surface area contributed by atoms with Crippen molar-refractivity contribution in [2.24, 2.45) is 0 Å². The normalized spacial score (nSPS) is 25.0. The molecule has 0 bridgehead atoms. The van der Waals surface area contributed by atoms with Crippen LogP contribution in [0.25, 0.3) is 0 Å². The first-order chi connectivity index (χ1) is 10.3. The zero-order valence-electron chi connectivity index (χ0n) is 12.3. The minimum atomic E-state index is -0.0783. The van der Waals surface area contributed by atoms with Crippen molar-refractivity contribution >= 4 is 11.7 Å². The molecule has 2 aliphatic heterocycles. The summed E-state index contributed by atoms with van der Waals surface area (Å²) >= 11 is 0. The molecule has 2 aliphatic rings. The van der Waals surface area contributed by atoms with Crippen LogP contribution in [-0.2, 0) is 4.74 Å². The molecule has 21 heavy (non-hydrogen) atoms. The van der Waals surface area contributed by atoms with Crippen molar-refractivity contribution in [3.8, 4) is 0 Å². The summed E-state index contributed by atoms with van der Waals surface area (Å²) in [5.41, 5.74) is 1.22. The molecule has 2 atom stereocenters. The molecule has 0 aromatic heterocycles. The molecule has 0 aliphatic carbocycles. The highest BCUT2D eigenvalue weighted by molar-refractivity contribution is 5.74. The van der Waals surface area contributed by atoms with Crippen molar-refractivity contribution in [2.75, 3.05) is 31.1 Å². The number of nitrogens with zero attached hydrogens (tertiary/aromatic N) is 1. The van der Waals surface area contributed by atoms with Gasteiger partial charge in [0, 0.05) is 38.0 Å². The lowest BCUT2D eigenvalue weighted by Gasteiger charge is -2.19. The first kappa shape index (κ1) is 14.2. The first-order valence-corrected chi connectivity index (χ1v) is 7.77. The van der Waals surface area contributed by atoms with Crippen molar-refractivity contribution in [3.05, 3.63) is 30.3 Å². The van der Waals surface area contributed by atoms with Gasteiger partial charge in [-0.15, -0.1) is 0 Å². The Morgan fingerprint density at radius 1 is 1.29 bits per heavy atom. The molecular weight excluding hydrogens is 266 g/mol. The lowest BCUT2D eigenvalue weighted by molar-refractivity contribution is 0.111. The van der Waals surface area contributed by atoms with Crippen LogP contribution in [0.2, 0.25) is 0 Å². The average Bonchev–Trinajstić information content (AvgIpc) is 3.17. The second-order valence-electron chi connectivity index (χ2n) is 5.76. The van der Waals surface area contributed by atoms with E-state index in [2.05, 4.69) is 27.7 Å². The summed E-state index contributed by atoms with van der Waals surface area (Å²) in [6.45, 7) is 3.29. The average molecular weight is 289 g/mol. The van der Waals surface area contributed by atoms with E-state index in [9.17, 15) is 4.79 Å². The Morgan fingerprint density at radius 2 is 2.14 bits per heavy atom. The number of rotatable bonds is 4.